The van der Waals surface area contributed by atoms with E-state index in [4.69, 9.17) is 32.5 Å². The Morgan fingerprint density at radius 2 is 1.73 bits per heavy atom. The molecule has 2 heterocycles. The van der Waals surface area contributed by atoms with Crippen LogP contribution in [0.5, 0.6) is 0 Å². The predicted molar refractivity (Wildman–Crippen MR) is 103 cm³/mol. The lowest BCUT2D eigenvalue weighted by Gasteiger charge is -2.34. The van der Waals surface area contributed by atoms with Gasteiger partial charge in [0.2, 0.25) is 0 Å². The molecule has 0 aliphatic carbocycles. The first-order valence-electron chi connectivity index (χ1n) is 9.10. The highest BCUT2D eigenvalue weighted by Gasteiger charge is 2.32. The average molecular weight is 373 g/mol. The van der Waals surface area contributed by atoms with Crippen LogP contribution in [0.3, 0.4) is 0 Å². The van der Waals surface area contributed by atoms with Crippen molar-refractivity contribution in [1.82, 2.24) is 0 Å². The molecule has 0 aromatic heterocycles. The van der Waals surface area contributed by atoms with Crippen LogP contribution in [0, 0.1) is 6.92 Å². The Hall–Kier alpha value is -1.43. The number of nitrogens with two attached hydrogens (primary N) is 2. The zero-order chi connectivity index (χ0) is 18.4. The summed E-state index contributed by atoms with van der Waals surface area (Å²) in [6.45, 7) is 5.22. The number of fused-ring (bicyclic) bond motifs is 2. The van der Waals surface area contributed by atoms with Crippen molar-refractivity contribution in [3.05, 3.63) is 68.7 Å². The van der Waals surface area contributed by atoms with Crippen molar-refractivity contribution in [3.8, 4) is 0 Å². The van der Waals surface area contributed by atoms with Crippen molar-refractivity contribution in [2.75, 3.05) is 0 Å². The first-order valence-corrected chi connectivity index (χ1v) is 9.48. The lowest BCUT2D eigenvalue weighted by atomic mass is 9.86. The SMILES string of the molecule is Cc1cccc2c1[C@@H](N)C(Cc1ccc3c(c1Cl)[C@@H](N)C(C)OC3)OC2. The van der Waals surface area contributed by atoms with E-state index in [0.717, 1.165) is 21.7 Å². The van der Waals surface area contributed by atoms with E-state index in [1.807, 2.05) is 6.92 Å². The van der Waals surface area contributed by atoms with E-state index in [-0.39, 0.29) is 24.3 Å². The molecule has 0 saturated carbocycles. The maximum absolute atomic E-state index is 6.75. The molecule has 0 radical (unpaired) electrons. The van der Waals surface area contributed by atoms with Gasteiger partial charge >= 0.3 is 0 Å². The number of hydrogen-bond acceptors (Lipinski definition) is 4. The van der Waals surface area contributed by atoms with E-state index >= 15 is 0 Å². The number of rotatable bonds is 2. The second kappa shape index (κ2) is 6.95. The summed E-state index contributed by atoms with van der Waals surface area (Å²) in [6.07, 6.45) is 0.522. The van der Waals surface area contributed by atoms with Crippen LogP contribution in [0.15, 0.2) is 30.3 Å². The second-order valence-corrected chi connectivity index (χ2v) is 7.76. The van der Waals surface area contributed by atoms with E-state index < -0.39 is 0 Å². The highest BCUT2D eigenvalue weighted by atomic mass is 35.5. The molecule has 2 aliphatic rings. The number of ether oxygens (including phenoxy) is 2. The van der Waals surface area contributed by atoms with Gasteiger partial charge in [0, 0.05) is 11.4 Å². The van der Waals surface area contributed by atoms with Gasteiger partial charge < -0.3 is 20.9 Å². The van der Waals surface area contributed by atoms with Crippen molar-refractivity contribution < 1.29 is 9.47 Å². The summed E-state index contributed by atoms with van der Waals surface area (Å²) in [5.41, 5.74) is 19.6. The van der Waals surface area contributed by atoms with Crippen LogP contribution in [0.4, 0.5) is 0 Å². The van der Waals surface area contributed by atoms with Crippen LogP contribution in [-0.2, 0) is 29.1 Å². The predicted octanol–water partition coefficient (Wildman–Crippen LogP) is 3.71. The van der Waals surface area contributed by atoms with Gasteiger partial charge in [0.05, 0.1) is 37.5 Å². The number of benzene rings is 2. The Morgan fingerprint density at radius 3 is 2.54 bits per heavy atom. The molecule has 26 heavy (non-hydrogen) atoms. The molecule has 0 amide bonds. The first kappa shape index (κ1) is 18.0. The lowest BCUT2D eigenvalue weighted by Crippen LogP contribution is -2.36. The Labute approximate surface area is 159 Å². The number of hydrogen-bond donors (Lipinski definition) is 2. The Bertz CT molecular complexity index is 839. The van der Waals surface area contributed by atoms with E-state index in [2.05, 4.69) is 37.3 Å². The van der Waals surface area contributed by atoms with Gasteiger partial charge in [-0.1, -0.05) is 41.9 Å². The molecular weight excluding hydrogens is 348 g/mol. The summed E-state index contributed by atoms with van der Waals surface area (Å²) in [5, 5.41) is 0.733. The van der Waals surface area contributed by atoms with Gasteiger partial charge in [0.25, 0.3) is 0 Å². The fourth-order valence-electron chi connectivity index (χ4n) is 4.11. The molecule has 0 saturated heterocycles. The molecule has 4 atom stereocenters. The summed E-state index contributed by atoms with van der Waals surface area (Å²) in [4.78, 5) is 0. The molecule has 0 bridgehead atoms. The van der Waals surface area contributed by atoms with E-state index in [9.17, 15) is 0 Å². The van der Waals surface area contributed by atoms with Gasteiger partial charge in [0.15, 0.2) is 0 Å². The zero-order valence-corrected chi connectivity index (χ0v) is 15.9. The summed E-state index contributed by atoms with van der Waals surface area (Å²) in [6, 6.07) is 9.98. The van der Waals surface area contributed by atoms with Gasteiger partial charge in [-0.3, -0.25) is 0 Å². The van der Waals surface area contributed by atoms with E-state index in [1.165, 1.54) is 16.7 Å². The molecule has 138 valence electrons. The summed E-state index contributed by atoms with van der Waals surface area (Å²) >= 11 is 6.75. The molecule has 4 rings (SSSR count). The average Bonchev–Trinajstić information content (AvgIpc) is 2.62. The second-order valence-electron chi connectivity index (χ2n) is 7.38. The summed E-state index contributed by atoms with van der Waals surface area (Å²) in [5.74, 6) is 0. The van der Waals surface area contributed by atoms with Gasteiger partial charge in [-0.2, -0.15) is 0 Å². The molecule has 4 N–H and O–H groups in total. The van der Waals surface area contributed by atoms with Crippen molar-refractivity contribution >= 4 is 11.6 Å². The van der Waals surface area contributed by atoms with E-state index in [0.29, 0.717) is 19.6 Å². The van der Waals surface area contributed by atoms with Crippen LogP contribution >= 0.6 is 11.6 Å². The van der Waals surface area contributed by atoms with Gasteiger partial charge in [-0.25, -0.2) is 0 Å². The molecule has 2 aliphatic heterocycles. The summed E-state index contributed by atoms with van der Waals surface area (Å²) in [7, 11) is 0. The van der Waals surface area contributed by atoms with Crippen LogP contribution < -0.4 is 11.5 Å². The number of halogens is 1. The minimum atomic E-state index is -0.213. The number of aryl methyl sites for hydroxylation is 1. The molecule has 0 fully saturated rings. The van der Waals surface area contributed by atoms with Crippen molar-refractivity contribution in [2.45, 2.75) is 57.8 Å². The topological polar surface area (TPSA) is 70.5 Å². The van der Waals surface area contributed by atoms with Crippen LogP contribution in [0.2, 0.25) is 5.02 Å². The van der Waals surface area contributed by atoms with Crippen molar-refractivity contribution in [2.24, 2.45) is 11.5 Å². The lowest BCUT2D eigenvalue weighted by molar-refractivity contribution is 0.00887. The monoisotopic (exact) mass is 372 g/mol. The fraction of sp³-hybridized carbons (Fsp3) is 0.429. The maximum atomic E-state index is 6.75. The molecule has 5 heteroatoms. The van der Waals surface area contributed by atoms with Crippen LogP contribution in [0.1, 0.15) is 52.4 Å². The third kappa shape index (κ3) is 2.96. The molecule has 4 nitrogen and oxygen atoms in total. The minimum Gasteiger partial charge on any atom is -0.372 e. The van der Waals surface area contributed by atoms with Crippen molar-refractivity contribution in [3.63, 3.8) is 0 Å². The summed E-state index contributed by atoms with van der Waals surface area (Å²) < 4.78 is 11.8. The highest BCUT2D eigenvalue weighted by Crippen LogP contribution is 2.38. The van der Waals surface area contributed by atoms with Gasteiger partial charge in [-0.05, 0) is 47.2 Å². The van der Waals surface area contributed by atoms with Crippen LogP contribution in [-0.4, -0.2) is 12.2 Å². The Morgan fingerprint density at radius 1 is 1.00 bits per heavy atom. The molecule has 2 aromatic carbocycles. The molecule has 2 aromatic rings. The first-order chi connectivity index (χ1) is 12.5. The normalized spacial score (nSPS) is 27.7. The molecule has 2 unspecified atom stereocenters. The Balaban J connectivity index is 1.64. The molecule has 0 spiro atoms. The largest absolute Gasteiger partial charge is 0.372 e. The molecular formula is C21H25ClN2O2. The fourth-order valence-corrected chi connectivity index (χ4v) is 4.50. The quantitative estimate of drug-likeness (QED) is 0.843. The maximum Gasteiger partial charge on any atom is 0.0813 e. The smallest absolute Gasteiger partial charge is 0.0813 e. The van der Waals surface area contributed by atoms with Crippen LogP contribution in [0.25, 0.3) is 0 Å². The third-order valence-corrected chi connectivity index (χ3v) is 6.16. The van der Waals surface area contributed by atoms with Gasteiger partial charge in [-0.15, -0.1) is 0 Å². The standard InChI is InChI=1S/C21H25ClN2O2/c1-11-4-3-5-14-10-26-16(21(24)17(11)14)8-13-6-7-15-9-25-12(2)20(23)18(15)19(13)22/h3-7,12,16,20-21H,8-10,23-24H2,1-2H3/t12?,16?,20-,21-/m0/s1. The minimum absolute atomic E-state index is 0.0436. The highest BCUT2D eigenvalue weighted by molar-refractivity contribution is 6.32. The zero-order valence-electron chi connectivity index (χ0n) is 15.2. The van der Waals surface area contributed by atoms with Crippen molar-refractivity contribution in [1.29, 1.82) is 0 Å². The van der Waals surface area contributed by atoms with E-state index in [1.54, 1.807) is 0 Å². The third-order valence-electron chi connectivity index (χ3n) is 5.71. The Kier molecular flexibility index (Phi) is 4.80. The van der Waals surface area contributed by atoms with Gasteiger partial charge in [0.1, 0.15) is 0 Å².